The second-order valence-electron chi connectivity index (χ2n) is 12.5. The third-order valence-corrected chi connectivity index (χ3v) is 9.66. The minimum absolute atomic E-state index is 0.838. The van der Waals surface area contributed by atoms with Gasteiger partial charge in [0.05, 0.1) is 16.8 Å². The molecule has 0 saturated heterocycles. The molecule has 0 radical (unpaired) electrons. The summed E-state index contributed by atoms with van der Waals surface area (Å²) in [7, 11) is 0. The summed E-state index contributed by atoms with van der Waals surface area (Å²) in [5.74, 6) is 0. The lowest BCUT2D eigenvalue weighted by Gasteiger charge is -2.26. The number of rotatable bonds is 5. The second kappa shape index (κ2) is 11.0. The van der Waals surface area contributed by atoms with Crippen LogP contribution in [0, 0.1) is 0 Å². The van der Waals surface area contributed by atoms with E-state index in [1.54, 1.807) is 0 Å². The molecule has 3 nitrogen and oxygen atoms in total. The monoisotopic (exact) mass is 627 g/mol. The molecule has 0 aliphatic heterocycles. The Bertz CT molecular complexity index is 2810. The van der Waals surface area contributed by atoms with Crippen molar-refractivity contribution in [2.24, 2.45) is 0 Å². The lowest BCUT2D eigenvalue weighted by atomic mass is 9.95. The van der Waals surface area contributed by atoms with Gasteiger partial charge in [0.2, 0.25) is 0 Å². The van der Waals surface area contributed by atoms with E-state index in [-0.39, 0.29) is 0 Å². The summed E-state index contributed by atoms with van der Waals surface area (Å²) >= 11 is 0. The van der Waals surface area contributed by atoms with Gasteiger partial charge in [0, 0.05) is 27.2 Å². The van der Waals surface area contributed by atoms with Crippen LogP contribution in [0.2, 0.25) is 0 Å². The molecular formula is C46H29NO2. The van der Waals surface area contributed by atoms with E-state index in [2.05, 4.69) is 169 Å². The molecule has 0 unspecified atom stereocenters. The first-order valence-corrected chi connectivity index (χ1v) is 16.6. The molecule has 0 amide bonds. The number of hydrogen-bond acceptors (Lipinski definition) is 3. The number of fused-ring (bicyclic) bond motifs is 8. The summed E-state index contributed by atoms with van der Waals surface area (Å²) < 4.78 is 13.4. The van der Waals surface area contributed by atoms with E-state index in [1.165, 1.54) is 22.1 Å². The average molecular weight is 628 g/mol. The van der Waals surface area contributed by atoms with Gasteiger partial charge in [-0.15, -0.1) is 0 Å². The molecule has 2 aromatic heterocycles. The fourth-order valence-electron chi connectivity index (χ4n) is 7.42. The highest BCUT2D eigenvalue weighted by atomic mass is 16.3. The van der Waals surface area contributed by atoms with Gasteiger partial charge in [0.25, 0.3) is 0 Å². The van der Waals surface area contributed by atoms with Gasteiger partial charge in [-0.1, -0.05) is 133 Å². The molecule has 3 heteroatoms. The molecule has 10 rings (SSSR count). The average Bonchev–Trinajstić information content (AvgIpc) is 3.75. The predicted molar refractivity (Wildman–Crippen MR) is 204 cm³/mol. The van der Waals surface area contributed by atoms with E-state index >= 15 is 0 Å². The van der Waals surface area contributed by atoms with Gasteiger partial charge >= 0.3 is 0 Å². The van der Waals surface area contributed by atoms with Crippen LogP contribution in [0.5, 0.6) is 0 Å². The van der Waals surface area contributed by atoms with Crippen molar-refractivity contribution in [3.8, 4) is 22.3 Å². The topological polar surface area (TPSA) is 29.5 Å². The summed E-state index contributed by atoms with van der Waals surface area (Å²) in [4.78, 5) is 2.32. The largest absolute Gasteiger partial charge is 0.456 e. The van der Waals surface area contributed by atoms with Gasteiger partial charge in [-0.3, -0.25) is 0 Å². The fourth-order valence-corrected chi connectivity index (χ4v) is 7.42. The fraction of sp³-hybridized carbons (Fsp3) is 0. The molecule has 230 valence electrons. The van der Waals surface area contributed by atoms with Crippen molar-refractivity contribution in [2.45, 2.75) is 0 Å². The van der Waals surface area contributed by atoms with Gasteiger partial charge in [0.15, 0.2) is 5.58 Å². The first kappa shape index (κ1) is 27.5. The van der Waals surface area contributed by atoms with Crippen LogP contribution in [0.1, 0.15) is 0 Å². The maximum atomic E-state index is 7.02. The van der Waals surface area contributed by atoms with Crippen LogP contribution < -0.4 is 4.90 Å². The molecule has 49 heavy (non-hydrogen) atoms. The van der Waals surface area contributed by atoms with Gasteiger partial charge < -0.3 is 13.7 Å². The van der Waals surface area contributed by atoms with Crippen LogP contribution in [0.15, 0.2) is 185 Å². The summed E-state index contributed by atoms with van der Waals surface area (Å²) in [5.41, 5.74) is 11.2. The van der Waals surface area contributed by atoms with E-state index < -0.39 is 0 Å². The highest BCUT2D eigenvalue weighted by Gasteiger charge is 2.24. The highest BCUT2D eigenvalue weighted by Crippen LogP contribution is 2.48. The highest BCUT2D eigenvalue weighted by molar-refractivity contribution is 6.21. The Labute approximate surface area is 282 Å². The Morgan fingerprint density at radius 1 is 0.347 bits per heavy atom. The second-order valence-corrected chi connectivity index (χ2v) is 12.5. The molecule has 10 aromatic rings. The van der Waals surface area contributed by atoms with Crippen molar-refractivity contribution in [1.82, 2.24) is 0 Å². The molecule has 0 bridgehead atoms. The van der Waals surface area contributed by atoms with Crippen molar-refractivity contribution in [3.63, 3.8) is 0 Å². The molecular weight excluding hydrogens is 599 g/mol. The van der Waals surface area contributed by atoms with E-state index in [9.17, 15) is 0 Å². The van der Waals surface area contributed by atoms with Crippen molar-refractivity contribution in [2.75, 3.05) is 4.90 Å². The molecule has 0 saturated carbocycles. The first-order chi connectivity index (χ1) is 24.3. The standard InChI is InChI=1S/C46H29NO2/c1-3-13-30(14-4-1)31-25-27-33(28-26-31)47(40-21-12-24-43-44(40)37-19-9-10-23-42(37)48-43)41-22-11-20-36-39-29-38(32-15-5-2-6-16-32)34-17-7-8-18-35(34)45(39)49-46(36)41/h1-29H. The number of nitrogens with zero attached hydrogens (tertiary/aromatic N) is 1. The van der Waals surface area contributed by atoms with Crippen LogP contribution in [0.3, 0.4) is 0 Å². The molecule has 0 N–H and O–H groups in total. The van der Waals surface area contributed by atoms with Crippen LogP contribution in [0.25, 0.3) is 76.9 Å². The SMILES string of the molecule is c1ccc(-c2ccc(N(c3cccc4c3oc3c5ccccc5c(-c5ccccc5)cc43)c3cccc4oc5ccccc5c34)cc2)cc1. The lowest BCUT2D eigenvalue weighted by molar-refractivity contribution is 0.668. The predicted octanol–water partition coefficient (Wildman–Crippen LogP) is 13.4. The maximum absolute atomic E-state index is 7.02. The third kappa shape index (κ3) is 4.37. The Morgan fingerprint density at radius 3 is 1.71 bits per heavy atom. The van der Waals surface area contributed by atoms with E-state index in [1.807, 2.05) is 12.1 Å². The van der Waals surface area contributed by atoms with Crippen molar-refractivity contribution in [1.29, 1.82) is 0 Å². The van der Waals surface area contributed by atoms with Crippen LogP contribution in [0.4, 0.5) is 17.1 Å². The normalized spacial score (nSPS) is 11.7. The molecule has 0 spiro atoms. The molecule has 2 heterocycles. The maximum Gasteiger partial charge on any atom is 0.159 e. The van der Waals surface area contributed by atoms with E-state index in [4.69, 9.17) is 8.83 Å². The van der Waals surface area contributed by atoms with Crippen molar-refractivity contribution < 1.29 is 8.83 Å². The van der Waals surface area contributed by atoms with Crippen LogP contribution >= 0.6 is 0 Å². The van der Waals surface area contributed by atoms with Gasteiger partial charge in [-0.2, -0.15) is 0 Å². The Balaban J connectivity index is 1.27. The number of para-hydroxylation sites is 2. The molecule has 0 atom stereocenters. The van der Waals surface area contributed by atoms with Crippen molar-refractivity contribution in [3.05, 3.63) is 176 Å². The smallest absolute Gasteiger partial charge is 0.159 e. The summed E-state index contributed by atoms with van der Waals surface area (Å²) in [6, 6.07) is 61.8. The third-order valence-electron chi connectivity index (χ3n) is 9.66. The van der Waals surface area contributed by atoms with Gasteiger partial charge in [-0.25, -0.2) is 0 Å². The summed E-state index contributed by atoms with van der Waals surface area (Å²) in [5, 5.41) is 6.59. The minimum Gasteiger partial charge on any atom is -0.456 e. The number of anilines is 3. The molecule has 8 aromatic carbocycles. The van der Waals surface area contributed by atoms with Crippen LogP contribution in [-0.4, -0.2) is 0 Å². The Kier molecular flexibility index (Phi) is 6.18. The zero-order chi connectivity index (χ0) is 32.3. The van der Waals surface area contributed by atoms with Crippen molar-refractivity contribution >= 4 is 71.7 Å². The molecule has 0 aliphatic carbocycles. The summed E-state index contributed by atoms with van der Waals surface area (Å²) in [6.45, 7) is 0. The van der Waals surface area contributed by atoms with Crippen LogP contribution in [-0.2, 0) is 0 Å². The Morgan fingerprint density at radius 2 is 0.918 bits per heavy atom. The zero-order valence-electron chi connectivity index (χ0n) is 26.5. The molecule has 0 aliphatic rings. The quantitative estimate of drug-likeness (QED) is 0.190. The van der Waals surface area contributed by atoms with E-state index in [0.29, 0.717) is 0 Å². The Hall–Kier alpha value is -6.58. The minimum atomic E-state index is 0.838. The first-order valence-electron chi connectivity index (χ1n) is 16.6. The zero-order valence-corrected chi connectivity index (χ0v) is 26.5. The summed E-state index contributed by atoms with van der Waals surface area (Å²) in [6.07, 6.45) is 0. The number of benzene rings is 8. The lowest BCUT2D eigenvalue weighted by Crippen LogP contribution is -2.10. The number of hydrogen-bond donors (Lipinski definition) is 0. The van der Waals surface area contributed by atoms with E-state index in [0.717, 1.165) is 71.9 Å². The van der Waals surface area contributed by atoms with Gasteiger partial charge in [-0.05, 0) is 70.1 Å². The van der Waals surface area contributed by atoms with Gasteiger partial charge in [0.1, 0.15) is 16.7 Å². The number of furan rings is 2. The molecule has 0 fully saturated rings.